The van der Waals surface area contributed by atoms with Crippen LogP contribution in [0.3, 0.4) is 0 Å². The van der Waals surface area contributed by atoms with Crippen molar-refractivity contribution in [3.05, 3.63) is 90.0 Å². The van der Waals surface area contributed by atoms with Crippen molar-refractivity contribution >= 4 is 27.5 Å². The van der Waals surface area contributed by atoms with Crippen molar-refractivity contribution in [1.82, 2.24) is 10.2 Å². The quantitative estimate of drug-likeness (QED) is 0.279. The predicted molar refractivity (Wildman–Crippen MR) is 167 cm³/mol. The number of hydrogen-bond donors (Lipinski definition) is 1. The molecule has 0 aliphatic heterocycles. The number of ether oxygens (including phenoxy) is 2. The molecule has 0 aromatic heterocycles. The van der Waals surface area contributed by atoms with Crippen LogP contribution in [0.5, 0.6) is 11.5 Å². The first kappa shape index (κ1) is 31.9. The summed E-state index contributed by atoms with van der Waals surface area (Å²) in [7, 11) is -2.26. The Bertz CT molecular complexity index is 1440. The van der Waals surface area contributed by atoms with E-state index in [9.17, 15) is 18.0 Å². The second-order valence-electron chi connectivity index (χ2n) is 10.8. The van der Waals surface area contributed by atoms with Crippen LogP contribution >= 0.6 is 0 Å². The van der Waals surface area contributed by atoms with Crippen LogP contribution in [-0.2, 0) is 32.8 Å². The summed E-state index contributed by atoms with van der Waals surface area (Å²) >= 11 is 0. The van der Waals surface area contributed by atoms with E-state index in [1.54, 1.807) is 43.5 Å². The number of anilines is 1. The highest BCUT2D eigenvalue weighted by Crippen LogP contribution is 2.24. The van der Waals surface area contributed by atoms with Gasteiger partial charge in [-0.05, 0) is 66.8 Å². The predicted octanol–water partition coefficient (Wildman–Crippen LogP) is 4.91. The number of nitrogens with zero attached hydrogens (tertiary/aromatic N) is 2. The van der Waals surface area contributed by atoms with Crippen LogP contribution in [0.2, 0.25) is 0 Å². The van der Waals surface area contributed by atoms with Crippen LogP contribution in [0.1, 0.15) is 50.2 Å². The third-order valence-corrected chi connectivity index (χ3v) is 8.79. The third kappa shape index (κ3) is 8.97. The first-order valence-electron chi connectivity index (χ1n) is 14.6. The van der Waals surface area contributed by atoms with Gasteiger partial charge < -0.3 is 19.7 Å². The minimum atomic E-state index is -3.84. The van der Waals surface area contributed by atoms with Crippen LogP contribution < -0.4 is 19.1 Å². The van der Waals surface area contributed by atoms with Crippen LogP contribution in [0.4, 0.5) is 5.69 Å². The number of carbonyl (C=O) groups excluding carboxylic acids is 2. The number of rotatable bonds is 14. The Hall–Kier alpha value is -4.05. The van der Waals surface area contributed by atoms with E-state index in [-0.39, 0.29) is 18.5 Å². The molecule has 1 atom stereocenters. The summed E-state index contributed by atoms with van der Waals surface area (Å²) in [6, 6.07) is 22.9. The monoisotopic (exact) mass is 607 g/mol. The molecule has 2 amide bonds. The van der Waals surface area contributed by atoms with Crippen LogP contribution in [0, 0.1) is 0 Å². The first-order valence-corrected chi connectivity index (χ1v) is 16.5. The van der Waals surface area contributed by atoms with E-state index >= 15 is 0 Å². The van der Waals surface area contributed by atoms with Gasteiger partial charge in [0.15, 0.2) is 0 Å². The lowest BCUT2D eigenvalue weighted by Gasteiger charge is -2.33. The Morgan fingerprint density at radius 3 is 2.12 bits per heavy atom. The molecule has 1 aliphatic rings. The van der Waals surface area contributed by atoms with Gasteiger partial charge in [0, 0.05) is 12.6 Å². The molecule has 0 spiro atoms. The molecule has 0 unspecified atom stereocenters. The Morgan fingerprint density at radius 1 is 0.907 bits per heavy atom. The minimum absolute atomic E-state index is 0.0923. The molecule has 0 heterocycles. The summed E-state index contributed by atoms with van der Waals surface area (Å²) in [6.07, 6.45) is 5.42. The van der Waals surface area contributed by atoms with Gasteiger partial charge in [-0.15, -0.1) is 0 Å². The Morgan fingerprint density at radius 2 is 1.53 bits per heavy atom. The van der Waals surface area contributed by atoms with Crippen molar-refractivity contribution in [1.29, 1.82) is 0 Å². The minimum Gasteiger partial charge on any atom is -0.497 e. The molecule has 1 N–H and O–H groups in total. The summed E-state index contributed by atoms with van der Waals surface area (Å²) in [6.45, 7) is 1.92. The summed E-state index contributed by atoms with van der Waals surface area (Å²) in [5, 5.41) is 3.12. The van der Waals surface area contributed by atoms with Gasteiger partial charge in [0.2, 0.25) is 21.8 Å². The van der Waals surface area contributed by atoms with E-state index < -0.39 is 28.5 Å². The number of hydrogen-bond acceptors (Lipinski definition) is 6. The van der Waals surface area contributed by atoms with E-state index in [1.165, 1.54) is 4.90 Å². The number of methoxy groups -OCH3 is 1. The molecule has 0 bridgehead atoms. The van der Waals surface area contributed by atoms with Gasteiger partial charge in [-0.2, -0.15) is 0 Å². The topological polar surface area (TPSA) is 105 Å². The maximum Gasteiger partial charge on any atom is 0.244 e. The van der Waals surface area contributed by atoms with Crippen LogP contribution in [-0.4, -0.2) is 57.1 Å². The van der Waals surface area contributed by atoms with Gasteiger partial charge in [-0.1, -0.05) is 62.2 Å². The zero-order chi connectivity index (χ0) is 30.8. The summed E-state index contributed by atoms with van der Waals surface area (Å²) in [5.41, 5.74) is 2.14. The normalized spacial score (nSPS) is 14.1. The number of carbonyl (C=O) groups is 2. The van der Waals surface area contributed by atoms with Crippen LogP contribution in [0.25, 0.3) is 0 Å². The lowest BCUT2D eigenvalue weighted by molar-refractivity contribution is -0.140. The maximum absolute atomic E-state index is 14.0. The zero-order valence-corrected chi connectivity index (χ0v) is 25.9. The smallest absolute Gasteiger partial charge is 0.244 e. The van der Waals surface area contributed by atoms with Gasteiger partial charge in [0.1, 0.15) is 30.7 Å². The van der Waals surface area contributed by atoms with Crippen molar-refractivity contribution in [3.8, 4) is 11.5 Å². The fourth-order valence-corrected chi connectivity index (χ4v) is 6.13. The van der Waals surface area contributed by atoms with Crippen LogP contribution in [0.15, 0.2) is 78.9 Å². The van der Waals surface area contributed by atoms with Crippen molar-refractivity contribution in [2.45, 2.75) is 64.3 Å². The van der Waals surface area contributed by atoms with Crippen molar-refractivity contribution in [3.63, 3.8) is 0 Å². The Balaban J connectivity index is 1.55. The van der Waals surface area contributed by atoms with Gasteiger partial charge in [-0.3, -0.25) is 13.9 Å². The molecule has 1 saturated carbocycles. The lowest BCUT2D eigenvalue weighted by atomic mass is 10.1. The maximum atomic E-state index is 14.0. The fraction of sp³-hybridized carbons (Fsp3) is 0.394. The highest BCUT2D eigenvalue weighted by molar-refractivity contribution is 7.92. The van der Waals surface area contributed by atoms with Crippen molar-refractivity contribution in [2.75, 3.05) is 24.2 Å². The molecule has 1 fully saturated rings. The molecular formula is C33H41N3O6S. The van der Waals surface area contributed by atoms with Crippen molar-refractivity contribution in [2.24, 2.45) is 0 Å². The summed E-state index contributed by atoms with van der Waals surface area (Å²) in [4.78, 5) is 28.9. The molecule has 3 aromatic rings. The van der Waals surface area contributed by atoms with Gasteiger partial charge in [0.25, 0.3) is 0 Å². The van der Waals surface area contributed by atoms with Gasteiger partial charge in [-0.25, -0.2) is 8.42 Å². The molecule has 1 aliphatic carbocycles. The van der Waals surface area contributed by atoms with E-state index in [2.05, 4.69) is 5.32 Å². The van der Waals surface area contributed by atoms with E-state index in [0.29, 0.717) is 30.2 Å². The Labute approximate surface area is 254 Å². The molecular weight excluding hydrogens is 566 g/mol. The average Bonchev–Trinajstić information content (AvgIpc) is 3.52. The Kier molecular flexibility index (Phi) is 11.1. The van der Waals surface area contributed by atoms with Gasteiger partial charge in [0.05, 0.1) is 19.1 Å². The molecule has 4 rings (SSSR count). The summed E-state index contributed by atoms with van der Waals surface area (Å²) in [5.74, 6) is 0.552. The third-order valence-electron chi connectivity index (χ3n) is 7.65. The van der Waals surface area contributed by atoms with E-state index in [1.807, 2.05) is 49.4 Å². The number of benzene rings is 3. The molecule has 230 valence electrons. The van der Waals surface area contributed by atoms with E-state index in [4.69, 9.17) is 9.47 Å². The van der Waals surface area contributed by atoms with Crippen molar-refractivity contribution < 1.29 is 27.5 Å². The number of sulfonamides is 1. The second kappa shape index (κ2) is 14.9. The SMILES string of the molecule is CC[C@@H](C(=O)NC1CCCC1)N(Cc1ccc(OC)cc1)C(=O)CN(c1ccc(OCc2ccccc2)cc1)S(C)(=O)=O. The number of amides is 2. The highest BCUT2D eigenvalue weighted by atomic mass is 32.2. The largest absolute Gasteiger partial charge is 0.497 e. The fourth-order valence-electron chi connectivity index (χ4n) is 5.28. The highest BCUT2D eigenvalue weighted by Gasteiger charge is 2.33. The molecule has 0 saturated heterocycles. The zero-order valence-electron chi connectivity index (χ0n) is 25.1. The standard InChI is InChI=1S/C33H41N3O6S/c1-4-31(33(38)34-27-12-8-9-13-27)35(22-25-14-18-29(41-2)19-15-25)32(37)23-36(43(3,39)40)28-16-20-30(21-17-28)42-24-26-10-6-5-7-11-26/h5-7,10-11,14-21,27,31H,4,8-9,12-13,22-24H2,1-3H3,(H,34,38)/t31-/m0/s1. The average molecular weight is 608 g/mol. The number of nitrogens with one attached hydrogen (secondary N) is 1. The molecule has 43 heavy (non-hydrogen) atoms. The molecule has 3 aromatic carbocycles. The van der Waals surface area contributed by atoms with Gasteiger partial charge >= 0.3 is 0 Å². The molecule has 10 heteroatoms. The van der Waals surface area contributed by atoms with E-state index in [0.717, 1.165) is 47.4 Å². The molecule has 9 nitrogen and oxygen atoms in total. The lowest BCUT2D eigenvalue weighted by Crippen LogP contribution is -2.53. The first-order chi connectivity index (χ1) is 20.7. The second-order valence-corrected chi connectivity index (χ2v) is 12.7. The molecule has 0 radical (unpaired) electrons. The summed E-state index contributed by atoms with van der Waals surface area (Å²) < 4.78 is 38.1.